The molecule has 2 aliphatic rings. The van der Waals surface area contributed by atoms with E-state index < -0.39 is 5.92 Å². The van der Waals surface area contributed by atoms with Crippen molar-refractivity contribution in [3.63, 3.8) is 0 Å². The fourth-order valence-electron chi connectivity index (χ4n) is 5.01. The van der Waals surface area contributed by atoms with Crippen molar-refractivity contribution in [3.05, 3.63) is 75.5 Å². The lowest BCUT2D eigenvalue weighted by Crippen LogP contribution is -2.37. The summed E-state index contributed by atoms with van der Waals surface area (Å²) in [5.74, 6) is 0.487. The minimum absolute atomic E-state index is 0.0219. The van der Waals surface area contributed by atoms with Crippen molar-refractivity contribution >= 4 is 29.1 Å². The summed E-state index contributed by atoms with van der Waals surface area (Å²) in [7, 11) is 3.12. The van der Waals surface area contributed by atoms with Gasteiger partial charge in [-0.15, -0.1) is 0 Å². The average molecular weight is 532 g/mol. The molecule has 1 amide bonds. The highest BCUT2D eigenvalue weighted by molar-refractivity contribution is 8.03. The number of hydrogen-bond acceptors (Lipinski definition) is 7. The van der Waals surface area contributed by atoms with E-state index in [1.165, 1.54) is 17.3 Å². The van der Waals surface area contributed by atoms with E-state index in [4.69, 9.17) is 9.47 Å². The molecule has 0 radical (unpaired) electrons. The van der Waals surface area contributed by atoms with E-state index in [1.54, 1.807) is 20.3 Å². The Balaban J connectivity index is 1.67. The third kappa shape index (κ3) is 5.73. The molecule has 2 aromatic carbocycles. The summed E-state index contributed by atoms with van der Waals surface area (Å²) < 4.78 is 10.9. The molecule has 2 N–H and O–H groups in total. The Labute approximate surface area is 228 Å². The van der Waals surface area contributed by atoms with Crippen LogP contribution < -0.4 is 20.1 Å². The minimum atomic E-state index is -0.563. The quantitative estimate of drug-likeness (QED) is 0.450. The highest BCUT2D eigenvalue weighted by atomic mass is 32.2. The number of nitriles is 1. The first-order chi connectivity index (χ1) is 18.2. The molecule has 38 heavy (non-hydrogen) atoms. The number of allylic oxidation sites excluding steroid dienone is 3. The molecule has 0 spiro atoms. The second-order valence-corrected chi connectivity index (χ2v) is 11.2. The minimum Gasteiger partial charge on any atom is -0.493 e. The zero-order valence-electron chi connectivity index (χ0n) is 22.4. The summed E-state index contributed by atoms with van der Waals surface area (Å²) in [5, 5.41) is 17.2. The predicted octanol–water partition coefficient (Wildman–Crippen LogP) is 5.70. The monoisotopic (exact) mass is 531 g/mol. The van der Waals surface area contributed by atoms with Crippen molar-refractivity contribution in [2.75, 3.05) is 25.3 Å². The van der Waals surface area contributed by atoms with Gasteiger partial charge in [0.05, 0.1) is 42.6 Å². The number of hydrogen-bond donors (Lipinski definition) is 2. The van der Waals surface area contributed by atoms with Crippen LogP contribution >= 0.6 is 11.8 Å². The van der Waals surface area contributed by atoms with Crippen molar-refractivity contribution in [1.82, 2.24) is 5.32 Å². The third-order valence-corrected chi connectivity index (χ3v) is 7.88. The van der Waals surface area contributed by atoms with Crippen LogP contribution in [0.3, 0.4) is 0 Å². The molecule has 4 rings (SSSR count). The molecule has 2 aromatic rings. The van der Waals surface area contributed by atoms with Crippen molar-refractivity contribution in [2.45, 2.75) is 46.0 Å². The number of aryl methyl sites for hydroxylation is 1. The number of thioether (sulfide) groups is 1. The van der Waals surface area contributed by atoms with E-state index in [1.807, 2.05) is 36.4 Å². The molecular formula is C30H33N3O4S. The molecule has 0 saturated carbocycles. The number of anilines is 1. The first-order valence-corrected chi connectivity index (χ1v) is 13.6. The maximum Gasteiger partial charge on any atom is 0.234 e. The van der Waals surface area contributed by atoms with Gasteiger partial charge in [-0.25, -0.2) is 0 Å². The van der Waals surface area contributed by atoms with Crippen molar-refractivity contribution < 1.29 is 19.1 Å². The van der Waals surface area contributed by atoms with E-state index in [2.05, 4.69) is 37.5 Å². The lowest BCUT2D eigenvalue weighted by atomic mass is 9.69. The second kappa shape index (κ2) is 11.4. The number of ketones is 1. The number of Topliss-reactive ketones (excluding diaryl/α,β-unsaturated/α-hetero) is 1. The molecule has 1 unspecified atom stereocenters. The Morgan fingerprint density at radius 2 is 1.84 bits per heavy atom. The highest BCUT2D eigenvalue weighted by Crippen LogP contribution is 2.48. The molecule has 1 heterocycles. The van der Waals surface area contributed by atoms with E-state index >= 15 is 0 Å². The highest BCUT2D eigenvalue weighted by Gasteiger charge is 2.42. The van der Waals surface area contributed by atoms with Gasteiger partial charge in [0, 0.05) is 23.4 Å². The predicted molar refractivity (Wildman–Crippen MR) is 150 cm³/mol. The zero-order chi connectivity index (χ0) is 27.4. The topological polar surface area (TPSA) is 100 Å². The lowest BCUT2D eigenvalue weighted by Gasteiger charge is -2.39. The summed E-state index contributed by atoms with van der Waals surface area (Å²) in [6.07, 6.45) is 1.99. The molecular weight excluding hydrogens is 498 g/mol. The van der Waals surface area contributed by atoms with Crippen LogP contribution in [0.5, 0.6) is 11.5 Å². The van der Waals surface area contributed by atoms with Crippen molar-refractivity contribution in [2.24, 2.45) is 5.41 Å². The first-order valence-electron chi connectivity index (χ1n) is 12.6. The van der Waals surface area contributed by atoms with Gasteiger partial charge in [0.1, 0.15) is 0 Å². The molecule has 198 valence electrons. The van der Waals surface area contributed by atoms with Gasteiger partial charge in [0.25, 0.3) is 0 Å². The Morgan fingerprint density at radius 1 is 1.13 bits per heavy atom. The molecule has 1 atom stereocenters. The Bertz CT molecular complexity index is 1350. The van der Waals surface area contributed by atoms with Crippen molar-refractivity contribution in [3.8, 4) is 17.6 Å². The number of nitrogens with zero attached hydrogens (tertiary/aromatic N) is 1. The standard InChI is InChI=1S/C30H33N3O4S/c1-6-18-7-10-20(11-8-18)32-26(35)17-38-29-21(16-31)27(19-9-12-24(36-4)25(13-19)37-5)28-22(33-29)14-30(2,3)15-23(28)34/h7-13,27,33H,6,14-15,17H2,1-5H3,(H,32,35). The molecule has 1 aliphatic carbocycles. The SMILES string of the molecule is CCc1ccc(NC(=O)CSC2=C(C#N)C(c3ccc(OC)c(OC)c3)C3=C(CC(C)(C)CC3=O)N2)cc1. The van der Waals surface area contributed by atoms with Crippen LogP contribution in [-0.4, -0.2) is 31.7 Å². The van der Waals surface area contributed by atoms with E-state index in [0.717, 1.165) is 23.4 Å². The Morgan fingerprint density at radius 3 is 2.47 bits per heavy atom. The van der Waals surface area contributed by atoms with Gasteiger partial charge in [-0.1, -0.05) is 50.7 Å². The number of dihydropyridines is 1. The zero-order valence-corrected chi connectivity index (χ0v) is 23.3. The number of amides is 1. The molecule has 8 heteroatoms. The van der Waals surface area contributed by atoms with Gasteiger partial charge in [0.15, 0.2) is 17.3 Å². The summed E-state index contributed by atoms with van der Waals surface area (Å²) >= 11 is 1.27. The molecule has 0 saturated heterocycles. The Kier molecular flexibility index (Phi) is 8.17. The number of nitrogens with one attached hydrogen (secondary N) is 2. The van der Waals surface area contributed by atoms with Gasteiger partial charge in [0.2, 0.25) is 5.91 Å². The van der Waals surface area contributed by atoms with E-state index in [9.17, 15) is 14.9 Å². The molecule has 7 nitrogen and oxygen atoms in total. The first kappa shape index (κ1) is 27.3. The van der Waals surface area contributed by atoms with E-state index in [0.29, 0.717) is 40.5 Å². The van der Waals surface area contributed by atoms with Crippen LogP contribution in [0.4, 0.5) is 5.69 Å². The number of benzene rings is 2. The molecule has 0 fully saturated rings. The van der Waals surface area contributed by atoms with Crippen LogP contribution in [0.25, 0.3) is 0 Å². The molecule has 0 bridgehead atoms. The summed E-state index contributed by atoms with van der Waals surface area (Å²) in [6, 6.07) is 15.6. The fourth-order valence-corrected chi connectivity index (χ4v) is 5.88. The van der Waals surface area contributed by atoms with Crippen LogP contribution in [0.2, 0.25) is 0 Å². The van der Waals surface area contributed by atoms with Gasteiger partial charge in [-0.3, -0.25) is 9.59 Å². The lowest BCUT2D eigenvalue weighted by molar-refractivity contribution is -0.118. The number of methoxy groups -OCH3 is 2. The van der Waals surface area contributed by atoms with Crippen LogP contribution in [-0.2, 0) is 16.0 Å². The summed E-state index contributed by atoms with van der Waals surface area (Å²) in [6.45, 7) is 6.21. The van der Waals surface area contributed by atoms with Crippen LogP contribution in [0.15, 0.2) is 64.3 Å². The van der Waals surface area contributed by atoms with Gasteiger partial charge in [-0.2, -0.15) is 5.26 Å². The second-order valence-electron chi connectivity index (χ2n) is 10.2. The van der Waals surface area contributed by atoms with Gasteiger partial charge >= 0.3 is 0 Å². The van der Waals surface area contributed by atoms with Gasteiger partial charge in [-0.05, 0) is 53.6 Å². The third-order valence-electron chi connectivity index (χ3n) is 6.86. The number of rotatable bonds is 8. The van der Waals surface area contributed by atoms with Crippen LogP contribution in [0.1, 0.15) is 50.7 Å². The van der Waals surface area contributed by atoms with Crippen molar-refractivity contribution in [1.29, 1.82) is 5.26 Å². The normalized spacial score (nSPS) is 18.3. The summed E-state index contributed by atoms with van der Waals surface area (Å²) in [5.41, 5.74) is 4.30. The number of carbonyl (C=O) groups excluding carboxylic acids is 2. The Hall–Kier alpha value is -3.70. The average Bonchev–Trinajstić information content (AvgIpc) is 2.90. The molecule has 1 aliphatic heterocycles. The smallest absolute Gasteiger partial charge is 0.234 e. The van der Waals surface area contributed by atoms with E-state index in [-0.39, 0.29) is 22.9 Å². The number of ether oxygens (including phenoxy) is 2. The fraction of sp³-hybridized carbons (Fsp3) is 0.367. The number of carbonyl (C=O) groups is 2. The maximum atomic E-state index is 13.4. The maximum absolute atomic E-state index is 13.4. The van der Waals surface area contributed by atoms with Crippen LogP contribution in [0, 0.1) is 16.7 Å². The summed E-state index contributed by atoms with van der Waals surface area (Å²) in [4.78, 5) is 26.2. The molecule has 0 aromatic heterocycles. The largest absolute Gasteiger partial charge is 0.493 e. The van der Waals surface area contributed by atoms with Gasteiger partial charge < -0.3 is 20.1 Å².